The molecule has 2 aliphatic rings. The fourth-order valence-corrected chi connectivity index (χ4v) is 2.70. The van der Waals surface area contributed by atoms with Crippen LogP contribution in [0.5, 0.6) is 0 Å². The Morgan fingerprint density at radius 1 is 1.31 bits per heavy atom. The van der Waals surface area contributed by atoms with Crippen molar-refractivity contribution in [2.75, 3.05) is 0 Å². The predicted octanol–water partition coefficient (Wildman–Crippen LogP) is 1.82. The highest BCUT2D eigenvalue weighted by atomic mass is 16.2. The van der Waals surface area contributed by atoms with Crippen molar-refractivity contribution in [1.29, 1.82) is 0 Å². The molecule has 1 amide bonds. The molecule has 2 rings (SSSR count). The van der Waals surface area contributed by atoms with E-state index in [1.807, 2.05) is 6.92 Å². The molecule has 2 fully saturated rings. The lowest BCUT2D eigenvalue weighted by molar-refractivity contribution is -0.123. The lowest BCUT2D eigenvalue weighted by atomic mass is 10.00. The van der Waals surface area contributed by atoms with Gasteiger partial charge in [0.15, 0.2) is 0 Å². The molecule has 2 saturated carbocycles. The smallest absolute Gasteiger partial charge is 0.237 e. The van der Waals surface area contributed by atoms with Gasteiger partial charge < -0.3 is 10.6 Å². The van der Waals surface area contributed by atoms with E-state index < -0.39 is 0 Å². The Bertz CT molecular complexity index is 250. The molecule has 0 aromatic carbocycles. The third-order valence-electron chi connectivity index (χ3n) is 3.96. The maximum absolute atomic E-state index is 11.8. The van der Waals surface area contributed by atoms with E-state index in [1.165, 1.54) is 38.5 Å². The minimum atomic E-state index is -0.0299. The molecule has 2 N–H and O–H groups in total. The third-order valence-corrected chi connectivity index (χ3v) is 3.96. The number of hydrogen-bond donors (Lipinski definition) is 2. The highest BCUT2D eigenvalue weighted by Crippen LogP contribution is 2.28. The zero-order valence-corrected chi connectivity index (χ0v) is 10.5. The van der Waals surface area contributed by atoms with Crippen LogP contribution in [0.3, 0.4) is 0 Å². The highest BCUT2D eigenvalue weighted by molar-refractivity contribution is 5.81. The van der Waals surface area contributed by atoms with Crippen LogP contribution in [-0.4, -0.2) is 24.0 Å². The van der Waals surface area contributed by atoms with Crippen LogP contribution >= 0.6 is 0 Å². The van der Waals surface area contributed by atoms with Crippen molar-refractivity contribution in [2.24, 2.45) is 5.92 Å². The van der Waals surface area contributed by atoms with E-state index in [2.05, 4.69) is 17.6 Å². The normalized spacial score (nSPS) is 31.4. The van der Waals surface area contributed by atoms with Crippen molar-refractivity contribution in [3.63, 3.8) is 0 Å². The summed E-state index contributed by atoms with van der Waals surface area (Å²) in [6.45, 7) is 4.24. The molecule has 0 aromatic rings. The Hall–Kier alpha value is -0.570. The molecule has 0 aliphatic heterocycles. The SMILES string of the molecule is CCC1CCCC1NC(C)C(=O)NC1CC1. The minimum absolute atomic E-state index is 0.0299. The lowest BCUT2D eigenvalue weighted by Gasteiger charge is -2.23. The van der Waals surface area contributed by atoms with Crippen LogP contribution in [0.15, 0.2) is 0 Å². The van der Waals surface area contributed by atoms with Gasteiger partial charge in [-0.2, -0.15) is 0 Å². The van der Waals surface area contributed by atoms with Crippen LogP contribution in [0.2, 0.25) is 0 Å². The molecule has 0 spiro atoms. The highest BCUT2D eigenvalue weighted by Gasteiger charge is 2.30. The summed E-state index contributed by atoms with van der Waals surface area (Å²) in [7, 11) is 0. The van der Waals surface area contributed by atoms with Crippen LogP contribution in [0.25, 0.3) is 0 Å². The molecular formula is C13H24N2O. The number of rotatable bonds is 5. The fourth-order valence-electron chi connectivity index (χ4n) is 2.70. The molecule has 0 aromatic heterocycles. The molecule has 3 heteroatoms. The Kier molecular flexibility index (Phi) is 3.85. The predicted molar refractivity (Wildman–Crippen MR) is 65.2 cm³/mol. The van der Waals surface area contributed by atoms with E-state index >= 15 is 0 Å². The lowest BCUT2D eigenvalue weighted by Crippen LogP contribution is -2.48. The van der Waals surface area contributed by atoms with E-state index in [0.717, 1.165) is 5.92 Å². The van der Waals surface area contributed by atoms with Gasteiger partial charge in [0.25, 0.3) is 0 Å². The zero-order chi connectivity index (χ0) is 11.5. The summed E-state index contributed by atoms with van der Waals surface area (Å²) >= 11 is 0. The molecule has 0 bridgehead atoms. The Morgan fingerprint density at radius 2 is 2.06 bits per heavy atom. The molecule has 0 saturated heterocycles. The van der Waals surface area contributed by atoms with Crippen LogP contribution in [0.4, 0.5) is 0 Å². The third kappa shape index (κ3) is 2.97. The van der Waals surface area contributed by atoms with Gasteiger partial charge >= 0.3 is 0 Å². The summed E-state index contributed by atoms with van der Waals surface area (Å²) in [5, 5.41) is 6.56. The molecule has 92 valence electrons. The van der Waals surface area contributed by atoms with Gasteiger partial charge in [-0.15, -0.1) is 0 Å². The first-order valence-electron chi connectivity index (χ1n) is 6.77. The van der Waals surface area contributed by atoms with Crippen LogP contribution in [-0.2, 0) is 4.79 Å². The summed E-state index contributed by atoms with van der Waals surface area (Å²) < 4.78 is 0. The first-order chi connectivity index (χ1) is 7.70. The standard InChI is InChI=1S/C13H24N2O/c1-3-10-5-4-6-12(10)14-9(2)13(16)15-11-7-8-11/h9-12,14H,3-8H2,1-2H3,(H,15,16). The van der Waals surface area contributed by atoms with Crippen molar-refractivity contribution < 1.29 is 4.79 Å². The summed E-state index contributed by atoms with van der Waals surface area (Å²) in [5.74, 6) is 0.959. The van der Waals surface area contributed by atoms with Crippen molar-refractivity contribution in [2.45, 2.75) is 70.5 Å². The first kappa shape index (κ1) is 11.9. The topological polar surface area (TPSA) is 41.1 Å². The van der Waals surface area contributed by atoms with Crippen LogP contribution in [0, 0.1) is 5.92 Å². The van der Waals surface area contributed by atoms with Crippen molar-refractivity contribution in [3.8, 4) is 0 Å². The maximum Gasteiger partial charge on any atom is 0.237 e. The second-order valence-electron chi connectivity index (χ2n) is 5.38. The number of nitrogens with one attached hydrogen (secondary N) is 2. The molecule has 0 radical (unpaired) electrons. The maximum atomic E-state index is 11.8. The Balaban J connectivity index is 1.76. The fraction of sp³-hybridized carbons (Fsp3) is 0.923. The van der Waals surface area contributed by atoms with E-state index in [1.54, 1.807) is 0 Å². The first-order valence-corrected chi connectivity index (χ1v) is 6.77. The summed E-state index contributed by atoms with van der Waals surface area (Å²) in [5.41, 5.74) is 0. The van der Waals surface area contributed by atoms with Gasteiger partial charge in [-0.1, -0.05) is 19.8 Å². The van der Waals surface area contributed by atoms with Crippen molar-refractivity contribution >= 4 is 5.91 Å². The molecular weight excluding hydrogens is 200 g/mol. The Labute approximate surface area is 98.4 Å². The van der Waals surface area contributed by atoms with Gasteiger partial charge in [-0.05, 0) is 38.5 Å². The number of amides is 1. The van der Waals surface area contributed by atoms with Gasteiger partial charge in [0.05, 0.1) is 6.04 Å². The summed E-state index contributed by atoms with van der Waals surface area (Å²) in [6, 6.07) is 1.00. The van der Waals surface area contributed by atoms with Gasteiger partial charge in [0.1, 0.15) is 0 Å². The molecule has 0 heterocycles. The second kappa shape index (κ2) is 5.17. The van der Waals surface area contributed by atoms with Gasteiger partial charge in [-0.3, -0.25) is 4.79 Å². The van der Waals surface area contributed by atoms with Gasteiger partial charge in [-0.25, -0.2) is 0 Å². The molecule has 3 nitrogen and oxygen atoms in total. The van der Waals surface area contributed by atoms with Crippen molar-refractivity contribution in [1.82, 2.24) is 10.6 Å². The molecule has 2 aliphatic carbocycles. The number of hydrogen-bond acceptors (Lipinski definition) is 2. The quantitative estimate of drug-likeness (QED) is 0.748. The largest absolute Gasteiger partial charge is 0.352 e. The van der Waals surface area contributed by atoms with E-state index in [0.29, 0.717) is 12.1 Å². The van der Waals surface area contributed by atoms with Gasteiger partial charge in [0, 0.05) is 12.1 Å². The van der Waals surface area contributed by atoms with E-state index in [-0.39, 0.29) is 11.9 Å². The second-order valence-corrected chi connectivity index (χ2v) is 5.38. The van der Waals surface area contributed by atoms with Gasteiger partial charge in [0.2, 0.25) is 5.91 Å². The van der Waals surface area contributed by atoms with Crippen molar-refractivity contribution in [3.05, 3.63) is 0 Å². The van der Waals surface area contributed by atoms with E-state index in [9.17, 15) is 4.79 Å². The average Bonchev–Trinajstić information content (AvgIpc) is 2.96. The summed E-state index contributed by atoms with van der Waals surface area (Å²) in [6.07, 6.45) is 7.44. The molecule has 3 atom stereocenters. The summed E-state index contributed by atoms with van der Waals surface area (Å²) in [4.78, 5) is 11.8. The number of carbonyl (C=O) groups excluding carboxylic acids is 1. The van der Waals surface area contributed by atoms with Crippen LogP contribution in [0.1, 0.15) is 52.4 Å². The minimum Gasteiger partial charge on any atom is -0.352 e. The zero-order valence-electron chi connectivity index (χ0n) is 10.5. The average molecular weight is 224 g/mol. The molecule has 3 unspecified atom stereocenters. The van der Waals surface area contributed by atoms with E-state index in [4.69, 9.17) is 0 Å². The van der Waals surface area contributed by atoms with Crippen LogP contribution < -0.4 is 10.6 Å². The molecule has 16 heavy (non-hydrogen) atoms. The monoisotopic (exact) mass is 224 g/mol. The number of carbonyl (C=O) groups is 1. The Morgan fingerprint density at radius 3 is 2.69 bits per heavy atom.